The van der Waals surface area contributed by atoms with Crippen LogP contribution in [0.4, 0.5) is 5.69 Å². The third kappa shape index (κ3) is 5.02. The molecule has 1 aliphatic heterocycles. The van der Waals surface area contributed by atoms with Gasteiger partial charge in [-0.1, -0.05) is 24.3 Å². The number of hydrazine groups is 1. The van der Waals surface area contributed by atoms with E-state index in [1.54, 1.807) is 19.2 Å². The van der Waals surface area contributed by atoms with Crippen LogP contribution in [0.15, 0.2) is 48.5 Å². The Morgan fingerprint density at radius 2 is 2.04 bits per heavy atom. The molecule has 27 heavy (non-hydrogen) atoms. The molecule has 1 saturated heterocycles. The summed E-state index contributed by atoms with van der Waals surface area (Å²) in [6, 6.07) is 14.0. The first-order chi connectivity index (χ1) is 13.0. The minimum Gasteiger partial charge on any atom is -0.497 e. The highest BCUT2D eigenvalue weighted by molar-refractivity contribution is 5.76. The van der Waals surface area contributed by atoms with Crippen LogP contribution in [0.2, 0.25) is 0 Å². The predicted molar refractivity (Wildman–Crippen MR) is 100.0 cm³/mol. The van der Waals surface area contributed by atoms with E-state index in [0.717, 1.165) is 16.9 Å². The van der Waals surface area contributed by atoms with Gasteiger partial charge in [-0.15, -0.1) is 0 Å². The number of carbonyl (C=O) groups excluding carboxylic acids is 1. The molecule has 1 fully saturated rings. The number of aryl methyl sites for hydroxylation is 1. The average Bonchev–Trinajstić information content (AvgIpc) is 3.15. The molecule has 2 aromatic carbocycles. The lowest BCUT2D eigenvalue weighted by Crippen LogP contribution is -2.44. The molecule has 0 spiro atoms. The quantitative estimate of drug-likeness (QED) is 0.510. The van der Waals surface area contributed by atoms with Gasteiger partial charge in [-0.25, -0.2) is 10.9 Å². The zero-order chi connectivity index (χ0) is 19.2. The molecule has 8 heteroatoms. The van der Waals surface area contributed by atoms with Gasteiger partial charge < -0.3 is 10.1 Å². The number of rotatable bonds is 7. The van der Waals surface area contributed by atoms with Crippen LogP contribution >= 0.6 is 0 Å². The smallest absolute Gasteiger partial charge is 0.269 e. The minimum absolute atomic E-state index is 0.0511. The number of carbonyl (C=O) groups is 1. The van der Waals surface area contributed by atoms with Crippen molar-refractivity contribution < 1.29 is 14.5 Å². The van der Waals surface area contributed by atoms with E-state index in [0.29, 0.717) is 19.3 Å². The molecule has 0 aliphatic carbocycles. The first-order valence-electron chi connectivity index (χ1n) is 8.73. The SMILES string of the molecule is COc1ccc(CCC(=O)NC2CC(c3cccc([N+](=O)[O-])c3)NN2)cc1. The summed E-state index contributed by atoms with van der Waals surface area (Å²) < 4.78 is 5.12. The zero-order valence-electron chi connectivity index (χ0n) is 15.0. The molecule has 2 atom stereocenters. The van der Waals surface area contributed by atoms with Gasteiger partial charge in [0.2, 0.25) is 5.91 Å². The Morgan fingerprint density at radius 3 is 2.74 bits per heavy atom. The van der Waals surface area contributed by atoms with Crippen LogP contribution in [0.1, 0.15) is 30.0 Å². The number of methoxy groups -OCH3 is 1. The molecular formula is C19H22N4O4. The standard InChI is InChI=1S/C19H22N4O4/c1-27-16-8-5-13(6-9-16)7-10-19(24)20-18-12-17(21-22-18)14-3-2-4-15(11-14)23(25)26/h2-6,8-9,11,17-18,21-22H,7,10,12H2,1H3,(H,20,24). The first kappa shape index (κ1) is 18.8. The molecule has 1 heterocycles. The number of nitro groups is 1. The van der Waals surface area contributed by atoms with E-state index >= 15 is 0 Å². The second kappa shape index (κ2) is 8.61. The van der Waals surface area contributed by atoms with E-state index in [-0.39, 0.29) is 23.8 Å². The lowest BCUT2D eigenvalue weighted by atomic mass is 10.0. The Bertz CT molecular complexity index is 810. The van der Waals surface area contributed by atoms with Crippen LogP contribution in [0.25, 0.3) is 0 Å². The number of ether oxygens (including phenoxy) is 1. The van der Waals surface area contributed by atoms with Gasteiger partial charge in [0.1, 0.15) is 5.75 Å². The van der Waals surface area contributed by atoms with E-state index in [1.807, 2.05) is 30.3 Å². The second-order valence-corrected chi connectivity index (χ2v) is 6.40. The van der Waals surface area contributed by atoms with Crippen LogP contribution in [0.5, 0.6) is 5.75 Å². The van der Waals surface area contributed by atoms with E-state index in [4.69, 9.17) is 4.74 Å². The molecule has 3 rings (SSSR count). The van der Waals surface area contributed by atoms with Crippen molar-refractivity contribution in [2.75, 3.05) is 7.11 Å². The van der Waals surface area contributed by atoms with E-state index in [9.17, 15) is 14.9 Å². The Morgan fingerprint density at radius 1 is 1.26 bits per heavy atom. The second-order valence-electron chi connectivity index (χ2n) is 6.40. The fraction of sp³-hybridized carbons (Fsp3) is 0.316. The molecule has 0 aromatic heterocycles. The van der Waals surface area contributed by atoms with Gasteiger partial charge in [-0.2, -0.15) is 0 Å². The number of amides is 1. The molecule has 0 radical (unpaired) electrons. The fourth-order valence-corrected chi connectivity index (χ4v) is 3.04. The number of non-ortho nitro benzene ring substituents is 1. The Kier molecular flexibility index (Phi) is 6.00. The summed E-state index contributed by atoms with van der Waals surface area (Å²) in [4.78, 5) is 22.7. The van der Waals surface area contributed by atoms with Gasteiger partial charge >= 0.3 is 0 Å². The number of benzene rings is 2. The normalized spacial score (nSPS) is 18.9. The molecule has 2 unspecified atom stereocenters. The fourth-order valence-electron chi connectivity index (χ4n) is 3.04. The van der Waals surface area contributed by atoms with Crippen molar-refractivity contribution in [3.63, 3.8) is 0 Å². The topological polar surface area (TPSA) is 106 Å². The summed E-state index contributed by atoms with van der Waals surface area (Å²) in [5.74, 6) is 0.737. The summed E-state index contributed by atoms with van der Waals surface area (Å²) in [5.41, 5.74) is 8.05. The number of nitro benzene ring substituents is 1. The summed E-state index contributed by atoms with van der Waals surface area (Å²) in [7, 11) is 1.62. The Balaban J connectivity index is 1.48. The molecule has 1 aliphatic rings. The highest BCUT2D eigenvalue weighted by Crippen LogP contribution is 2.24. The third-order valence-corrected chi connectivity index (χ3v) is 4.52. The van der Waals surface area contributed by atoms with E-state index in [1.165, 1.54) is 6.07 Å². The van der Waals surface area contributed by atoms with Crippen molar-refractivity contribution in [1.82, 2.24) is 16.2 Å². The number of hydrogen-bond acceptors (Lipinski definition) is 6. The monoisotopic (exact) mass is 370 g/mol. The lowest BCUT2D eigenvalue weighted by molar-refractivity contribution is -0.384. The van der Waals surface area contributed by atoms with E-state index < -0.39 is 4.92 Å². The largest absolute Gasteiger partial charge is 0.497 e. The molecule has 3 N–H and O–H groups in total. The molecule has 0 bridgehead atoms. The minimum atomic E-state index is -0.412. The van der Waals surface area contributed by atoms with E-state index in [2.05, 4.69) is 16.2 Å². The summed E-state index contributed by atoms with van der Waals surface area (Å²) in [6.07, 6.45) is 1.41. The predicted octanol–water partition coefficient (Wildman–Crippen LogP) is 2.22. The Hall–Kier alpha value is -2.97. The van der Waals surface area contributed by atoms with Crippen molar-refractivity contribution in [2.45, 2.75) is 31.5 Å². The van der Waals surface area contributed by atoms with Crippen molar-refractivity contribution in [1.29, 1.82) is 0 Å². The van der Waals surface area contributed by atoms with Crippen LogP contribution in [-0.4, -0.2) is 24.1 Å². The van der Waals surface area contributed by atoms with Crippen LogP contribution in [-0.2, 0) is 11.2 Å². The number of nitrogens with zero attached hydrogens (tertiary/aromatic N) is 1. The maximum Gasteiger partial charge on any atom is 0.269 e. The van der Waals surface area contributed by atoms with Crippen molar-refractivity contribution in [3.8, 4) is 5.75 Å². The van der Waals surface area contributed by atoms with Gasteiger partial charge in [-0.3, -0.25) is 14.9 Å². The van der Waals surface area contributed by atoms with Gasteiger partial charge in [0.05, 0.1) is 18.2 Å². The maximum atomic E-state index is 12.2. The summed E-state index contributed by atoms with van der Waals surface area (Å²) >= 11 is 0. The molecule has 2 aromatic rings. The Labute approximate surface area is 157 Å². The zero-order valence-corrected chi connectivity index (χ0v) is 15.0. The van der Waals surface area contributed by atoms with Crippen molar-refractivity contribution >= 4 is 11.6 Å². The highest BCUT2D eigenvalue weighted by Gasteiger charge is 2.26. The third-order valence-electron chi connectivity index (χ3n) is 4.52. The number of nitrogens with one attached hydrogen (secondary N) is 3. The van der Waals surface area contributed by atoms with Crippen molar-refractivity contribution in [3.05, 3.63) is 69.8 Å². The highest BCUT2D eigenvalue weighted by atomic mass is 16.6. The van der Waals surface area contributed by atoms with Gasteiger partial charge in [0.15, 0.2) is 0 Å². The lowest BCUT2D eigenvalue weighted by Gasteiger charge is -2.12. The van der Waals surface area contributed by atoms with Gasteiger partial charge in [0, 0.05) is 31.0 Å². The molecule has 8 nitrogen and oxygen atoms in total. The summed E-state index contributed by atoms with van der Waals surface area (Å²) in [6.45, 7) is 0. The van der Waals surface area contributed by atoms with Crippen LogP contribution in [0, 0.1) is 10.1 Å². The molecular weight excluding hydrogens is 348 g/mol. The first-order valence-corrected chi connectivity index (χ1v) is 8.73. The van der Waals surface area contributed by atoms with Crippen LogP contribution < -0.4 is 20.9 Å². The summed E-state index contributed by atoms with van der Waals surface area (Å²) in [5, 5.41) is 13.8. The maximum absolute atomic E-state index is 12.2. The molecule has 0 saturated carbocycles. The van der Waals surface area contributed by atoms with Gasteiger partial charge in [0.25, 0.3) is 5.69 Å². The molecule has 1 amide bonds. The molecule has 142 valence electrons. The van der Waals surface area contributed by atoms with Crippen LogP contribution in [0.3, 0.4) is 0 Å². The number of hydrogen-bond donors (Lipinski definition) is 3. The average molecular weight is 370 g/mol. The van der Waals surface area contributed by atoms with Crippen molar-refractivity contribution in [2.24, 2.45) is 0 Å². The van der Waals surface area contributed by atoms with Gasteiger partial charge in [-0.05, 0) is 29.7 Å².